The minimum Gasteiger partial charge on any atom is -0.372 e. The number of ether oxygens (including phenoxy) is 1. The molecule has 2 amide bonds. The number of nitrogens with one attached hydrogen (secondary N) is 1. The molecule has 2 aliphatic heterocycles. The van der Waals surface area contributed by atoms with Gasteiger partial charge in [-0.2, -0.15) is 0 Å². The normalized spacial score (nSPS) is 25.6. The van der Waals surface area contributed by atoms with Gasteiger partial charge in [0.2, 0.25) is 11.8 Å². The van der Waals surface area contributed by atoms with Gasteiger partial charge >= 0.3 is 0 Å². The second kappa shape index (κ2) is 6.84. The van der Waals surface area contributed by atoms with E-state index in [4.69, 9.17) is 4.74 Å². The van der Waals surface area contributed by atoms with Gasteiger partial charge in [0.15, 0.2) is 11.6 Å². The van der Waals surface area contributed by atoms with E-state index in [1.165, 1.54) is 12.1 Å². The molecule has 2 saturated heterocycles. The SMILES string of the molecule is CNC(=O)C[C@@H]1C[C@H]2CN(C(=O)Cc3cccc(F)c3F)C[C@H]2O1. The van der Waals surface area contributed by atoms with Crippen molar-refractivity contribution >= 4 is 11.8 Å². The molecule has 5 nitrogen and oxygen atoms in total. The Morgan fingerprint density at radius 3 is 2.83 bits per heavy atom. The van der Waals surface area contributed by atoms with Crippen LogP contribution in [-0.2, 0) is 20.7 Å². The van der Waals surface area contributed by atoms with Gasteiger partial charge in [-0.15, -0.1) is 0 Å². The number of halogens is 2. The Hall–Kier alpha value is -2.02. The monoisotopic (exact) mass is 338 g/mol. The van der Waals surface area contributed by atoms with Crippen molar-refractivity contribution in [3.63, 3.8) is 0 Å². The predicted molar refractivity (Wildman–Crippen MR) is 82.1 cm³/mol. The summed E-state index contributed by atoms with van der Waals surface area (Å²) in [6, 6.07) is 3.85. The predicted octanol–water partition coefficient (Wildman–Crippen LogP) is 1.26. The van der Waals surface area contributed by atoms with Crippen molar-refractivity contribution in [1.29, 1.82) is 0 Å². The molecule has 1 aromatic carbocycles. The Kier molecular flexibility index (Phi) is 4.80. The molecule has 0 bridgehead atoms. The van der Waals surface area contributed by atoms with Crippen LogP contribution in [0, 0.1) is 17.6 Å². The van der Waals surface area contributed by atoms with Gasteiger partial charge < -0.3 is 15.0 Å². The fourth-order valence-electron chi connectivity index (χ4n) is 3.47. The standard InChI is InChI=1S/C17H20F2N2O3/c1-20-15(22)7-12-5-11-8-21(9-14(11)24-12)16(23)6-10-3-2-4-13(18)17(10)19/h2-4,11-12,14H,5-9H2,1H3,(H,20,22)/t11-,12-,14+/m0/s1. The van der Waals surface area contributed by atoms with Crippen LogP contribution in [0.1, 0.15) is 18.4 Å². The van der Waals surface area contributed by atoms with E-state index >= 15 is 0 Å². The second-order valence-electron chi connectivity index (χ2n) is 6.36. The van der Waals surface area contributed by atoms with Gasteiger partial charge in [0.1, 0.15) is 0 Å². The van der Waals surface area contributed by atoms with Gasteiger partial charge in [0.05, 0.1) is 25.0 Å². The molecule has 2 aliphatic rings. The summed E-state index contributed by atoms with van der Waals surface area (Å²) in [5, 5.41) is 2.57. The zero-order valence-corrected chi connectivity index (χ0v) is 13.4. The molecule has 130 valence electrons. The molecule has 1 N–H and O–H groups in total. The van der Waals surface area contributed by atoms with E-state index in [1.54, 1.807) is 11.9 Å². The summed E-state index contributed by atoms with van der Waals surface area (Å²) < 4.78 is 32.7. The van der Waals surface area contributed by atoms with Crippen molar-refractivity contribution in [3.8, 4) is 0 Å². The Morgan fingerprint density at radius 2 is 2.12 bits per heavy atom. The van der Waals surface area contributed by atoms with E-state index in [9.17, 15) is 18.4 Å². The van der Waals surface area contributed by atoms with E-state index in [-0.39, 0.29) is 41.9 Å². The third-order valence-electron chi connectivity index (χ3n) is 4.73. The highest BCUT2D eigenvalue weighted by molar-refractivity contribution is 5.79. The summed E-state index contributed by atoms with van der Waals surface area (Å²) in [7, 11) is 1.59. The van der Waals surface area contributed by atoms with Crippen LogP contribution in [0.25, 0.3) is 0 Å². The molecule has 0 aliphatic carbocycles. The number of carbonyl (C=O) groups excluding carboxylic acids is 2. The number of nitrogens with zero attached hydrogens (tertiary/aromatic N) is 1. The molecular weight excluding hydrogens is 318 g/mol. The summed E-state index contributed by atoms with van der Waals surface area (Å²) in [5.41, 5.74) is 0.0653. The summed E-state index contributed by atoms with van der Waals surface area (Å²) in [4.78, 5) is 25.4. The Morgan fingerprint density at radius 1 is 1.33 bits per heavy atom. The average molecular weight is 338 g/mol. The molecule has 0 radical (unpaired) electrons. The lowest BCUT2D eigenvalue weighted by molar-refractivity contribution is -0.131. The quantitative estimate of drug-likeness (QED) is 0.899. The number of hydrogen-bond donors (Lipinski definition) is 1. The van der Waals surface area contributed by atoms with Gasteiger partial charge in [0, 0.05) is 31.6 Å². The number of amides is 2. The first kappa shape index (κ1) is 16.8. The van der Waals surface area contributed by atoms with Crippen molar-refractivity contribution in [3.05, 3.63) is 35.4 Å². The van der Waals surface area contributed by atoms with Gasteiger partial charge in [-0.3, -0.25) is 9.59 Å². The highest BCUT2D eigenvalue weighted by Gasteiger charge is 2.43. The number of rotatable bonds is 4. The number of benzene rings is 1. The first-order valence-electron chi connectivity index (χ1n) is 8.04. The molecule has 24 heavy (non-hydrogen) atoms. The molecule has 0 unspecified atom stereocenters. The minimum absolute atomic E-state index is 0.0607. The molecule has 0 aromatic heterocycles. The first-order valence-corrected chi connectivity index (χ1v) is 8.04. The number of carbonyl (C=O) groups is 2. The van der Waals surface area contributed by atoms with Crippen LogP contribution in [0.2, 0.25) is 0 Å². The third-order valence-corrected chi connectivity index (χ3v) is 4.73. The first-order chi connectivity index (χ1) is 11.5. The van der Waals surface area contributed by atoms with Crippen LogP contribution < -0.4 is 5.32 Å². The van der Waals surface area contributed by atoms with Crippen LogP contribution in [0.4, 0.5) is 8.78 Å². The molecule has 2 heterocycles. The molecule has 7 heteroatoms. The van der Waals surface area contributed by atoms with E-state index in [0.717, 1.165) is 12.5 Å². The maximum Gasteiger partial charge on any atom is 0.227 e. The minimum atomic E-state index is -0.966. The summed E-state index contributed by atoms with van der Waals surface area (Å²) >= 11 is 0. The van der Waals surface area contributed by atoms with E-state index in [0.29, 0.717) is 19.5 Å². The van der Waals surface area contributed by atoms with E-state index < -0.39 is 11.6 Å². The summed E-state index contributed by atoms with van der Waals surface area (Å²) in [6.07, 6.45) is 0.700. The third kappa shape index (κ3) is 3.40. The van der Waals surface area contributed by atoms with Gasteiger partial charge in [-0.25, -0.2) is 8.78 Å². The second-order valence-corrected chi connectivity index (χ2v) is 6.36. The molecule has 1 aromatic rings. The summed E-state index contributed by atoms with van der Waals surface area (Å²) in [6.45, 7) is 0.968. The average Bonchev–Trinajstić information content (AvgIpc) is 3.10. The van der Waals surface area contributed by atoms with Crippen molar-refractivity contribution in [2.24, 2.45) is 5.92 Å². The van der Waals surface area contributed by atoms with Crippen molar-refractivity contribution in [2.75, 3.05) is 20.1 Å². The topological polar surface area (TPSA) is 58.6 Å². The Labute approximate surface area is 139 Å². The van der Waals surface area contributed by atoms with Crippen molar-refractivity contribution in [2.45, 2.75) is 31.5 Å². The highest BCUT2D eigenvalue weighted by atomic mass is 19.2. The summed E-state index contributed by atoms with van der Waals surface area (Å²) in [5.74, 6) is -2.01. The Balaban J connectivity index is 1.55. The smallest absolute Gasteiger partial charge is 0.227 e. The highest BCUT2D eigenvalue weighted by Crippen LogP contribution is 2.34. The largest absolute Gasteiger partial charge is 0.372 e. The lowest BCUT2D eigenvalue weighted by atomic mass is 10.0. The van der Waals surface area contributed by atoms with Crippen LogP contribution in [-0.4, -0.2) is 49.1 Å². The maximum atomic E-state index is 13.7. The molecule has 3 rings (SSSR count). The number of hydrogen-bond acceptors (Lipinski definition) is 3. The number of likely N-dealkylation sites (tertiary alicyclic amines) is 1. The van der Waals surface area contributed by atoms with Gasteiger partial charge in [0.25, 0.3) is 0 Å². The zero-order valence-electron chi connectivity index (χ0n) is 13.4. The van der Waals surface area contributed by atoms with Crippen LogP contribution in [0.15, 0.2) is 18.2 Å². The van der Waals surface area contributed by atoms with Crippen molar-refractivity contribution < 1.29 is 23.1 Å². The lowest BCUT2D eigenvalue weighted by Gasteiger charge is -2.19. The number of fused-ring (bicyclic) bond motifs is 1. The van der Waals surface area contributed by atoms with E-state index in [1.807, 2.05) is 0 Å². The fraction of sp³-hybridized carbons (Fsp3) is 0.529. The maximum absolute atomic E-state index is 13.7. The molecule has 0 saturated carbocycles. The zero-order chi connectivity index (χ0) is 17.3. The van der Waals surface area contributed by atoms with Gasteiger partial charge in [-0.05, 0) is 12.5 Å². The Bertz CT molecular complexity index is 639. The van der Waals surface area contributed by atoms with Crippen LogP contribution >= 0.6 is 0 Å². The molecule has 0 spiro atoms. The lowest BCUT2D eigenvalue weighted by Crippen LogP contribution is -2.33. The molecular formula is C17H20F2N2O3. The van der Waals surface area contributed by atoms with Crippen LogP contribution in [0.5, 0.6) is 0 Å². The molecule has 3 atom stereocenters. The van der Waals surface area contributed by atoms with Crippen molar-refractivity contribution in [1.82, 2.24) is 10.2 Å². The molecule has 2 fully saturated rings. The fourth-order valence-corrected chi connectivity index (χ4v) is 3.47. The van der Waals surface area contributed by atoms with E-state index in [2.05, 4.69) is 5.32 Å². The van der Waals surface area contributed by atoms with Gasteiger partial charge in [-0.1, -0.05) is 12.1 Å². The van der Waals surface area contributed by atoms with Crippen LogP contribution in [0.3, 0.4) is 0 Å².